The third kappa shape index (κ3) is 5.79. The summed E-state index contributed by atoms with van der Waals surface area (Å²) in [5.41, 5.74) is -0.765. The van der Waals surface area contributed by atoms with Gasteiger partial charge in [0.05, 0.1) is 0 Å². The van der Waals surface area contributed by atoms with Gasteiger partial charge in [0.1, 0.15) is 11.5 Å². The number of aliphatic carboxylic acids is 1. The van der Waals surface area contributed by atoms with Crippen molar-refractivity contribution in [1.29, 1.82) is 0 Å². The summed E-state index contributed by atoms with van der Waals surface area (Å²) in [6.45, 7) is 4.77. The fourth-order valence-electron chi connectivity index (χ4n) is 1.14. The highest BCUT2D eigenvalue weighted by Crippen LogP contribution is 2.25. The Kier molecular flexibility index (Phi) is 5.07. The lowest BCUT2D eigenvalue weighted by Gasteiger charge is -2.28. The minimum Gasteiger partial charge on any atom is -0.481 e. The fraction of sp³-hybridized carbons (Fsp3) is 0.818. The molecule has 0 aromatic rings. The standard InChI is InChI=1S/C11H19F2NO4/c1-10(2,3)18-9(17)14(5)6-7(8(15)16)11(4,12)13/h7H,6H2,1-5H3,(H,15,16). The molecule has 5 nitrogen and oxygen atoms in total. The van der Waals surface area contributed by atoms with E-state index in [2.05, 4.69) is 0 Å². The number of hydrogen-bond acceptors (Lipinski definition) is 3. The number of carbonyl (C=O) groups excluding carboxylic acids is 1. The van der Waals surface area contributed by atoms with E-state index in [9.17, 15) is 18.4 Å². The van der Waals surface area contributed by atoms with E-state index >= 15 is 0 Å². The van der Waals surface area contributed by atoms with Gasteiger partial charge in [-0.2, -0.15) is 0 Å². The van der Waals surface area contributed by atoms with Crippen LogP contribution in [0.2, 0.25) is 0 Å². The summed E-state index contributed by atoms with van der Waals surface area (Å²) in [5.74, 6) is -7.03. The molecule has 0 heterocycles. The minimum absolute atomic E-state index is 0.509. The first-order valence-corrected chi connectivity index (χ1v) is 5.39. The summed E-state index contributed by atoms with van der Waals surface area (Å²) in [6, 6.07) is 0. The van der Waals surface area contributed by atoms with Crippen LogP contribution in [-0.2, 0) is 9.53 Å². The van der Waals surface area contributed by atoms with E-state index in [0.29, 0.717) is 6.92 Å². The molecule has 0 aromatic heterocycles. The largest absolute Gasteiger partial charge is 0.481 e. The van der Waals surface area contributed by atoms with Crippen LogP contribution in [0.1, 0.15) is 27.7 Å². The van der Waals surface area contributed by atoms with Gasteiger partial charge in [0.25, 0.3) is 5.92 Å². The van der Waals surface area contributed by atoms with Gasteiger partial charge in [-0.1, -0.05) is 0 Å². The second kappa shape index (κ2) is 5.49. The van der Waals surface area contributed by atoms with Gasteiger partial charge in [-0.25, -0.2) is 13.6 Å². The molecular weight excluding hydrogens is 248 g/mol. The van der Waals surface area contributed by atoms with E-state index in [4.69, 9.17) is 9.84 Å². The lowest BCUT2D eigenvalue weighted by atomic mass is 10.0. The van der Waals surface area contributed by atoms with Gasteiger partial charge in [0.2, 0.25) is 0 Å². The van der Waals surface area contributed by atoms with Crippen molar-refractivity contribution < 1.29 is 28.2 Å². The van der Waals surface area contributed by atoms with Crippen molar-refractivity contribution in [2.75, 3.05) is 13.6 Å². The average molecular weight is 267 g/mol. The number of nitrogens with zero attached hydrogens (tertiary/aromatic N) is 1. The maximum absolute atomic E-state index is 13.0. The van der Waals surface area contributed by atoms with Gasteiger partial charge >= 0.3 is 12.1 Å². The SMILES string of the molecule is CN(CC(C(=O)O)C(C)(F)F)C(=O)OC(C)(C)C. The van der Waals surface area contributed by atoms with Crippen LogP contribution in [0.3, 0.4) is 0 Å². The average Bonchev–Trinajstić information content (AvgIpc) is 2.08. The molecule has 1 atom stereocenters. The van der Waals surface area contributed by atoms with E-state index in [1.165, 1.54) is 7.05 Å². The van der Waals surface area contributed by atoms with Crippen LogP contribution in [0.15, 0.2) is 0 Å². The second-order valence-electron chi connectivity index (χ2n) is 5.21. The number of carboxylic acid groups (broad SMARTS) is 1. The molecule has 7 heteroatoms. The molecule has 1 unspecified atom stereocenters. The van der Waals surface area contributed by atoms with Crippen LogP contribution in [0.4, 0.5) is 13.6 Å². The van der Waals surface area contributed by atoms with Crippen molar-refractivity contribution in [3.8, 4) is 0 Å². The van der Waals surface area contributed by atoms with Crippen molar-refractivity contribution in [2.45, 2.75) is 39.2 Å². The molecule has 1 amide bonds. The summed E-state index contributed by atoms with van der Waals surface area (Å²) >= 11 is 0. The number of hydrogen-bond donors (Lipinski definition) is 1. The maximum Gasteiger partial charge on any atom is 0.410 e. The minimum atomic E-state index is -3.41. The number of ether oxygens (including phenoxy) is 1. The molecule has 106 valence electrons. The Labute approximate surface area is 105 Å². The predicted octanol–water partition coefficient (Wildman–Crippen LogP) is 2.21. The number of amides is 1. The molecule has 0 aromatic carbocycles. The first-order valence-electron chi connectivity index (χ1n) is 5.39. The quantitative estimate of drug-likeness (QED) is 0.848. The topological polar surface area (TPSA) is 66.8 Å². The summed E-state index contributed by atoms with van der Waals surface area (Å²) in [6.07, 6.45) is -0.835. The molecule has 0 bridgehead atoms. The highest BCUT2D eigenvalue weighted by atomic mass is 19.3. The van der Waals surface area contributed by atoms with Crippen molar-refractivity contribution in [3.05, 3.63) is 0 Å². The Morgan fingerprint density at radius 2 is 1.72 bits per heavy atom. The van der Waals surface area contributed by atoms with Crippen molar-refractivity contribution >= 4 is 12.1 Å². The third-order valence-electron chi connectivity index (χ3n) is 2.07. The molecule has 0 aliphatic rings. The molecular formula is C11H19F2NO4. The van der Waals surface area contributed by atoms with Crippen molar-refractivity contribution in [1.82, 2.24) is 4.90 Å². The maximum atomic E-state index is 13.0. The van der Waals surface area contributed by atoms with Crippen LogP contribution in [0.25, 0.3) is 0 Å². The molecule has 0 rings (SSSR count). The smallest absolute Gasteiger partial charge is 0.410 e. The van der Waals surface area contributed by atoms with Crippen molar-refractivity contribution in [3.63, 3.8) is 0 Å². The molecule has 18 heavy (non-hydrogen) atoms. The van der Waals surface area contributed by atoms with E-state index in [1.807, 2.05) is 0 Å². The number of alkyl halides is 2. The molecule has 0 spiro atoms. The van der Waals surface area contributed by atoms with E-state index in [1.54, 1.807) is 20.8 Å². The molecule has 0 saturated heterocycles. The first-order chi connectivity index (χ1) is 7.84. The number of carbonyl (C=O) groups is 2. The van der Waals surface area contributed by atoms with Crippen LogP contribution in [-0.4, -0.2) is 47.2 Å². The lowest BCUT2D eigenvalue weighted by molar-refractivity contribution is -0.155. The molecule has 0 aliphatic carbocycles. The molecule has 1 N–H and O–H groups in total. The Balaban J connectivity index is 4.67. The van der Waals surface area contributed by atoms with E-state index in [0.717, 1.165) is 4.90 Å². The summed E-state index contributed by atoms with van der Waals surface area (Å²) in [7, 11) is 1.22. The molecule has 0 radical (unpaired) electrons. The van der Waals surface area contributed by atoms with Gasteiger partial charge in [-0.3, -0.25) is 4.79 Å². The van der Waals surface area contributed by atoms with Crippen LogP contribution >= 0.6 is 0 Å². The molecule has 0 aliphatic heterocycles. The number of halogens is 2. The van der Waals surface area contributed by atoms with Gasteiger partial charge < -0.3 is 14.7 Å². The third-order valence-corrected chi connectivity index (χ3v) is 2.07. The normalized spacial score (nSPS) is 13.9. The summed E-state index contributed by atoms with van der Waals surface area (Å²) in [4.78, 5) is 23.1. The zero-order chi connectivity index (χ0) is 14.7. The monoisotopic (exact) mass is 267 g/mol. The number of rotatable bonds is 4. The van der Waals surface area contributed by atoms with Crippen LogP contribution in [0.5, 0.6) is 0 Å². The fourth-order valence-corrected chi connectivity index (χ4v) is 1.14. The molecule has 0 saturated carbocycles. The Morgan fingerprint density at radius 1 is 1.28 bits per heavy atom. The number of carboxylic acids is 1. The van der Waals surface area contributed by atoms with Gasteiger partial charge in [-0.15, -0.1) is 0 Å². The Hall–Kier alpha value is -1.40. The van der Waals surface area contributed by atoms with Gasteiger partial charge in [0, 0.05) is 20.5 Å². The zero-order valence-corrected chi connectivity index (χ0v) is 11.2. The zero-order valence-electron chi connectivity index (χ0n) is 11.2. The summed E-state index contributed by atoms with van der Waals surface area (Å²) < 4.78 is 31.0. The highest BCUT2D eigenvalue weighted by molar-refractivity contribution is 5.73. The molecule has 0 fully saturated rings. The highest BCUT2D eigenvalue weighted by Gasteiger charge is 2.41. The Bertz CT molecular complexity index is 320. The van der Waals surface area contributed by atoms with E-state index in [-0.39, 0.29) is 0 Å². The summed E-state index contributed by atoms with van der Waals surface area (Å²) in [5, 5.41) is 8.71. The van der Waals surface area contributed by atoms with Gasteiger partial charge in [0.15, 0.2) is 0 Å². The van der Waals surface area contributed by atoms with Crippen LogP contribution in [0, 0.1) is 5.92 Å². The second-order valence-corrected chi connectivity index (χ2v) is 5.21. The van der Waals surface area contributed by atoms with Crippen LogP contribution < -0.4 is 0 Å². The van der Waals surface area contributed by atoms with Gasteiger partial charge in [-0.05, 0) is 20.8 Å². The van der Waals surface area contributed by atoms with E-state index < -0.39 is 36.0 Å². The predicted molar refractivity (Wildman–Crippen MR) is 60.6 cm³/mol. The lowest BCUT2D eigenvalue weighted by Crippen LogP contribution is -2.44. The van der Waals surface area contributed by atoms with Crippen molar-refractivity contribution in [2.24, 2.45) is 5.92 Å². The first kappa shape index (κ1) is 16.6. The Morgan fingerprint density at radius 3 is 2.00 bits per heavy atom.